The van der Waals surface area contributed by atoms with E-state index in [-0.39, 0.29) is 11.9 Å². The molecule has 0 bridgehead atoms. The van der Waals surface area contributed by atoms with Gasteiger partial charge in [0, 0.05) is 29.6 Å². The van der Waals surface area contributed by atoms with Crippen LogP contribution in [0.5, 0.6) is 0 Å². The number of pyridine rings is 1. The van der Waals surface area contributed by atoms with E-state index in [1.165, 1.54) is 17.5 Å². The first-order valence-electron chi connectivity index (χ1n) is 6.59. The first-order valence-corrected chi connectivity index (χ1v) is 7.47. The number of hydrogen-bond acceptors (Lipinski definition) is 4. The predicted octanol–water partition coefficient (Wildman–Crippen LogP) is 3.59. The Balaban J connectivity index is 1.78. The van der Waals surface area contributed by atoms with Gasteiger partial charge >= 0.3 is 0 Å². The van der Waals surface area contributed by atoms with E-state index in [9.17, 15) is 4.39 Å². The van der Waals surface area contributed by atoms with Gasteiger partial charge in [-0.3, -0.25) is 4.98 Å². The number of rotatable bonds is 4. The topological polar surface area (TPSA) is 51.8 Å². The van der Waals surface area contributed by atoms with Gasteiger partial charge in [0.1, 0.15) is 5.01 Å². The third-order valence-corrected chi connectivity index (χ3v) is 4.14. The zero-order valence-corrected chi connectivity index (χ0v) is 12.1. The molecule has 0 aliphatic heterocycles. The second-order valence-electron chi connectivity index (χ2n) is 4.72. The van der Waals surface area contributed by atoms with Crippen molar-refractivity contribution in [1.82, 2.24) is 9.97 Å². The molecule has 5 heteroatoms. The molecule has 2 heterocycles. The average Bonchev–Trinajstić information content (AvgIpc) is 2.97. The van der Waals surface area contributed by atoms with Crippen molar-refractivity contribution in [3.8, 4) is 10.6 Å². The molecule has 2 N–H and O–H groups in total. The summed E-state index contributed by atoms with van der Waals surface area (Å²) in [5, 5.41) is 2.59. The van der Waals surface area contributed by atoms with Crippen molar-refractivity contribution in [3.05, 3.63) is 71.2 Å². The second-order valence-corrected chi connectivity index (χ2v) is 5.58. The SMILES string of the molecule is NC(Cc1csc(-c2ccncc2F)n1)c1ccccc1. The van der Waals surface area contributed by atoms with Crippen molar-refractivity contribution >= 4 is 11.3 Å². The van der Waals surface area contributed by atoms with Crippen LogP contribution < -0.4 is 5.73 Å². The highest BCUT2D eigenvalue weighted by Crippen LogP contribution is 2.27. The maximum Gasteiger partial charge on any atom is 0.151 e. The summed E-state index contributed by atoms with van der Waals surface area (Å²) in [7, 11) is 0. The van der Waals surface area contributed by atoms with Crippen molar-refractivity contribution < 1.29 is 4.39 Å². The van der Waals surface area contributed by atoms with Crippen LogP contribution in [0.4, 0.5) is 4.39 Å². The van der Waals surface area contributed by atoms with Gasteiger partial charge in [-0.15, -0.1) is 11.3 Å². The smallest absolute Gasteiger partial charge is 0.151 e. The van der Waals surface area contributed by atoms with Crippen LogP contribution in [0.2, 0.25) is 0 Å². The van der Waals surface area contributed by atoms with Crippen LogP contribution in [0.1, 0.15) is 17.3 Å². The Hall–Kier alpha value is -2.11. The molecule has 1 atom stereocenters. The van der Waals surface area contributed by atoms with Gasteiger partial charge in [0.15, 0.2) is 5.82 Å². The number of nitrogens with two attached hydrogens (primary N) is 1. The zero-order valence-electron chi connectivity index (χ0n) is 11.2. The molecule has 3 nitrogen and oxygen atoms in total. The third kappa shape index (κ3) is 3.15. The Morgan fingerprint density at radius 1 is 1.19 bits per heavy atom. The van der Waals surface area contributed by atoms with Gasteiger partial charge in [-0.2, -0.15) is 0 Å². The largest absolute Gasteiger partial charge is 0.324 e. The molecule has 106 valence electrons. The van der Waals surface area contributed by atoms with Crippen LogP contribution in [0.15, 0.2) is 54.2 Å². The highest BCUT2D eigenvalue weighted by Gasteiger charge is 2.12. The molecule has 3 rings (SSSR count). The molecule has 0 aliphatic carbocycles. The Bertz CT molecular complexity index is 727. The summed E-state index contributed by atoms with van der Waals surface area (Å²) in [6.45, 7) is 0. The predicted molar refractivity (Wildman–Crippen MR) is 82.4 cm³/mol. The molecule has 1 unspecified atom stereocenters. The van der Waals surface area contributed by atoms with Gasteiger partial charge in [0.25, 0.3) is 0 Å². The summed E-state index contributed by atoms with van der Waals surface area (Å²) in [4.78, 5) is 8.22. The van der Waals surface area contributed by atoms with Gasteiger partial charge in [-0.1, -0.05) is 30.3 Å². The molecule has 0 amide bonds. The summed E-state index contributed by atoms with van der Waals surface area (Å²) in [5.74, 6) is -0.356. The van der Waals surface area contributed by atoms with Crippen molar-refractivity contribution in [1.29, 1.82) is 0 Å². The first kappa shape index (κ1) is 13.9. The average molecular weight is 299 g/mol. The maximum absolute atomic E-state index is 13.7. The van der Waals surface area contributed by atoms with E-state index >= 15 is 0 Å². The van der Waals surface area contributed by atoms with E-state index in [1.54, 1.807) is 12.3 Å². The Labute approximate surface area is 126 Å². The lowest BCUT2D eigenvalue weighted by molar-refractivity contribution is 0.624. The maximum atomic E-state index is 13.7. The lowest BCUT2D eigenvalue weighted by atomic mass is 10.0. The minimum absolute atomic E-state index is 0.108. The molecule has 21 heavy (non-hydrogen) atoms. The molecule has 0 saturated carbocycles. The van der Waals surface area contributed by atoms with Crippen LogP contribution in [0.25, 0.3) is 10.6 Å². The Morgan fingerprint density at radius 3 is 2.76 bits per heavy atom. The molecule has 3 aromatic rings. The number of halogens is 1. The second kappa shape index (κ2) is 6.11. The van der Waals surface area contributed by atoms with Crippen molar-refractivity contribution in [2.24, 2.45) is 5.73 Å². The molecule has 2 aromatic heterocycles. The molecule has 0 spiro atoms. The van der Waals surface area contributed by atoms with Crippen molar-refractivity contribution in [3.63, 3.8) is 0 Å². The van der Waals surface area contributed by atoms with E-state index < -0.39 is 0 Å². The van der Waals surface area contributed by atoms with Crippen LogP contribution >= 0.6 is 11.3 Å². The summed E-state index contributed by atoms with van der Waals surface area (Å²) in [6, 6.07) is 11.4. The van der Waals surface area contributed by atoms with Crippen molar-refractivity contribution in [2.45, 2.75) is 12.5 Å². The van der Waals surface area contributed by atoms with Gasteiger partial charge < -0.3 is 5.73 Å². The van der Waals surface area contributed by atoms with Crippen LogP contribution in [0, 0.1) is 5.82 Å². The summed E-state index contributed by atoms with van der Waals surface area (Å²) < 4.78 is 13.7. The van der Waals surface area contributed by atoms with E-state index in [0.29, 0.717) is 17.0 Å². The standard InChI is InChI=1S/C16H14FN3S/c17-14-9-19-7-6-13(14)16-20-12(10-21-16)8-15(18)11-4-2-1-3-5-11/h1-7,9-10,15H,8,18H2. The van der Waals surface area contributed by atoms with E-state index in [2.05, 4.69) is 9.97 Å². The highest BCUT2D eigenvalue weighted by atomic mass is 32.1. The lowest BCUT2D eigenvalue weighted by Crippen LogP contribution is -2.13. The van der Waals surface area contributed by atoms with E-state index in [1.807, 2.05) is 35.7 Å². The van der Waals surface area contributed by atoms with Gasteiger partial charge in [-0.05, 0) is 11.6 Å². The summed E-state index contributed by atoms with van der Waals surface area (Å²) in [5.41, 5.74) is 8.62. The molecule has 0 saturated heterocycles. The first-order chi connectivity index (χ1) is 10.2. The fourth-order valence-electron chi connectivity index (χ4n) is 2.12. The minimum atomic E-state index is -0.356. The number of thiazole rings is 1. The molecular formula is C16H14FN3S. The normalized spacial score (nSPS) is 12.3. The summed E-state index contributed by atoms with van der Waals surface area (Å²) in [6.07, 6.45) is 3.40. The van der Waals surface area contributed by atoms with Crippen LogP contribution in [-0.4, -0.2) is 9.97 Å². The monoisotopic (exact) mass is 299 g/mol. The molecule has 1 aromatic carbocycles. The third-order valence-electron chi connectivity index (χ3n) is 3.21. The Morgan fingerprint density at radius 2 is 2.00 bits per heavy atom. The molecule has 0 radical (unpaired) electrons. The van der Waals surface area contributed by atoms with E-state index in [4.69, 9.17) is 5.73 Å². The molecular weight excluding hydrogens is 285 g/mol. The van der Waals surface area contributed by atoms with Crippen molar-refractivity contribution in [2.75, 3.05) is 0 Å². The molecule has 0 aliphatic rings. The number of aromatic nitrogens is 2. The summed E-state index contributed by atoms with van der Waals surface area (Å²) >= 11 is 1.42. The van der Waals surface area contributed by atoms with Crippen LogP contribution in [-0.2, 0) is 6.42 Å². The Kier molecular flexibility index (Phi) is 4.03. The van der Waals surface area contributed by atoms with E-state index in [0.717, 1.165) is 11.3 Å². The number of nitrogens with zero attached hydrogens (tertiary/aromatic N) is 2. The fourth-order valence-corrected chi connectivity index (χ4v) is 2.98. The van der Waals surface area contributed by atoms with Crippen LogP contribution in [0.3, 0.4) is 0 Å². The number of hydrogen-bond donors (Lipinski definition) is 1. The zero-order chi connectivity index (χ0) is 14.7. The molecule has 0 fully saturated rings. The van der Waals surface area contributed by atoms with Gasteiger partial charge in [0.2, 0.25) is 0 Å². The fraction of sp³-hybridized carbons (Fsp3) is 0.125. The minimum Gasteiger partial charge on any atom is -0.324 e. The quantitative estimate of drug-likeness (QED) is 0.801. The number of benzene rings is 1. The lowest BCUT2D eigenvalue weighted by Gasteiger charge is -2.09. The van der Waals surface area contributed by atoms with Gasteiger partial charge in [0.05, 0.1) is 11.9 Å². The highest BCUT2D eigenvalue weighted by molar-refractivity contribution is 7.13. The van der Waals surface area contributed by atoms with Gasteiger partial charge in [-0.25, -0.2) is 9.37 Å².